The van der Waals surface area contributed by atoms with Crippen LogP contribution in [-0.2, 0) is 0 Å². The third kappa shape index (κ3) is 2.23. The highest BCUT2D eigenvalue weighted by atomic mass is 15.1. The third-order valence-electron chi connectivity index (χ3n) is 1.38. The van der Waals surface area contributed by atoms with Gasteiger partial charge in [-0.3, -0.25) is 0 Å². The first-order valence-corrected chi connectivity index (χ1v) is 3.69. The molecule has 0 radical (unpaired) electrons. The van der Waals surface area contributed by atoms with Crippen LogP contribution in [0.2, 0.25) is 0 Å². The lowest BCUT2D eigenvalue weighted by Gasteiger charge is -2.07. The molecule has 3 N–H and O–H groups in total. The summed E-state index contributed by atoms with van der Waals surface area (Å²) in [5.41, 5.74) is 5.98. The van der Waals surface area contributed by atoms with E-state index in [1.54, 1.807) is 18.5 Å². The molecule has 1 aromatic heterocycles. The molecule has 1 atom stereocenters. The summed E-state index contributed by atoms with van der Waals surface area (Å²) in [6, 6.07) is 0.161. The molecule has 0 amide bonds. The summed E-state index contributed by atoms with van der Waals surface area (Å²) in [7, 11) is 0. The number of nitrogens with one attached hydrogen (secondary N) is 1. The van der Waals surface area contributed by atoms with Gasteiger partial charge in [0, 0.05) is 6.04 Å². The summed E-state index contributed by atoms with van der Waals surface area (Å²) < 4.78 is 0. The highest BCUT2D eigenvalue weighted by Crippen LogP contribution is 2.02. The second-order valence-electron chi connectivity index (χ2n) is 2.51. The van der Waals surface area contributed by atoms with E-state index in [0.29, 0.717) is 11.6 Å². The van der Waals surface area contributed by atoms with Gasteiger partial charge in [0.05, 0.1) is 18.1 Å². The zero-order valence-corrected chi connectivity index (χ0v) is 6.99. The molecule has 0 aliphatic carbocycles. The van der Waals surface area contributed by atoms with Gasteiger partial charge in [0.25, 0.3) is 0 Å². The number of aromatic nitrogens is 2. The number of anilines is 2. The van der Waals surface area contributed by atoms with Crippen LogP contribution in [0.25, 0.3) is 0 Å². The summed E-state index contributed by atoms with van der Waals surface area (Å²) in [5, 5.41) is 3.02. The van der Waals surface area contributed by atoms with E-state index in [9.17, 15) is 0 Å². The van der Waals surface area contributed by atoms with Crippen LogP contribution < -0.4 is 11.1 Å². The van der Waals surface area contributed by atoms with Gasteiger partial charge in [0.15, 0.2) is 0 Å². The Morgan fingerprint density at radius 3 is 2.67 bits per heavy atom. The number of nitrogens with two attached hydrogens (primary N) is 1. The van der Waals surface area contributed by atoms with Crippen molar-refractivity contribution in [3.8, 4) is 0 Å². The maximum Gasteiger partial charge on any atom is 0.223 e. The van der Waals surface area contributed by atoms with Crippen LogP contribution in [0.5, 0.6) is 0 Å². The molecule has 1 aromatic rings. The van der Waals surface area contributed by atoms with Gasteiger partial charge in [0.2, 0.25) is 5.95 Å². The summed E-state index contributed by atoms with van der Waals surface area (Å²) in [6.07, 6.45) is 4.90. The molecule has 1 rings (SSSR count). The Morgan fingerprint density at radius 1 is 1.58 bits per heavy atom. The Labute approximate surface area is 71.5 Å². The van der Waals surface area contributed by atoms with Crippen LogP contribution in [0.3, 0.4) is 0 Å². The van der Waals surface area contributed by atoms with Crippen LogP contribution >= 0.6 is 0 Å². The fourth-order valence-corrected chi connectivity index (χ4v) is 0.675. The molecule has 1 heterocycles. The highest BCUT2D eigenvalue weighted by molar-refractivity contribution is 5.36. The quantitative estimate of drug-likeness (QED) is 0.655. The van der Waals surface area contributed by atoms with Crippen molar-refractivity contribution in [2.24, 2.45) is 0 Å². The van der Waals surface area contributed by atoms with E-state index in [1.807, 2.05) is 6.92 Å². The maximum atomic E-state index is 5.42. The smallest absolute Gasteiger partial charge is 0.223 e. The predicted molar refractivity (Wildman–Crippen MR) is 49.7 cm³/mol. The minimum Gasteiger partial charge on any atom is -0.396 e. The average Bonchev–Trinajstić information content (AvgIpc) is 2.09. The molecule has 0 aromatic carbocycles. The number of rotatable bonds is 3. The molecular weight excluding hydrogens is 152 g/mol. The maximum absolute atomic E-state index is 5.42. The largest absolute Gasteiger partial charge is 0.396 e. The third-order valence-corrected chi connectivity index (χ3v) is 1.38. The Hall–Kier alpha value is -1.58. The van der Waals surface area contributed by atoms with Crippen molar-refractivity contribution < 1.29 is 0 Å². The molecule has 4 heteroatoms. The molecule has 0 bridgehead atoms. The van der Waals surface area contributed by atoms with E-state index in [4.69, 9.17) is 5.73 Å². The van der Waals surface area contributed by atoms with Crippen molar-refractivity contribution >= 4 is 11.6 Å². The van der Waals surface area contributed by atoms with E-state index in [1.165, 1.54) is 0 Å². The molecule has 64 valence electrons. The van der Waals surface area contributed by atoms with Crippen LogP contribution in [0.15, 0.2) is 25.0 Å². The number of hydrogen-bond acceptors (Lipinski definition) is 4. The predicted octanol–water partition coefficient (Wildman–Crippen LogP) is 1.05. The van der Waals surface area contributed by atoms with Gasteiger partial charge >= 0.3 is 0 Å². The van der Waals surface area contributed by atoms with Gasteiger partial charge in [-0.25, -0.2) is 9.97 Å². The van der Waals surface area contributed by atoms with Crippen LogP contribution in [-0.4, -0.2) is 16.0 Å². The SMILES string of the molecule is C=CC(C)Nc1ncc(N)cn1. The molecule has 0 spiro atoms. The van der Waals surface area contributed by atoms with Crippen LogP contribution in [0, 0.1) is 0 Å². The minimum absolute atomic E-state index is 0.161. The topological polar surface area (TPSA) is 63.8 Å². The molecular formula is C8H12N4. The summed E-state index contributed by atoms with van der Waals surface area (Å²) in [5.74, 6) is 0.566. The van der Waals surface area contributed by atoms with Gasteiger partial charge < -0.3 is 11.1 Å². The van der Waals surface area contributed by atoms with Crippen molar-refractivity contribution in [3.63, 3.8) is 0 Å². The first-order chi connectivity index (χ1) is 5.72. The van der Waals surface area contributed by atoms with E-state index >= 15 is 0 Å². The fraction of sp³-hybridized carbons (Fsp3) is 0.250. The Bertz CT molecular complexity index is 254. The van der Waals surface area contributed by atoms with Crippen LogP contribution in [0.4, 0.5) is 11.6 Å². The lowest BCUT2D eigenvalue weighted by molar-refractivity contribution is 0.958. The fourth-order valence-electron chi connectivity index (χ4n) is 0.675. The Balaban J connectivity index is 2.64. The Morgan fingerprint density at radius 2 is 2.17 bits per heavy atom. The second-order valence-corrected chi connectivity index (χ2v) is 2.51. The zero-order valence-electron chi connectivity index (χ0n) is 6.99. The first kappa shape index (κ1) is 8.52. The lowest BCUT2D eigenvalue weighted by atomic mass is 10.3. The number of nitrogens with zero attached hydrogens (tertiary/aromatic N) is 2. The molecule has 0 aliphatic heterocycles. The highest BCUT2D eigenvalue weighted by Gasteiger charge is 1.97. The summed E-state index contributed by atoms with van der Waals surface area (Å²) >= 11 is 0. The minimum atomic E-state index is 0.161. The van der Waals surface area contributed by atoms with E-state index in [2.05, 4.69) is 21.9 Å². The van der Waals surface area contributed by atoms with Crippen molar-refractivity contribution in [3.05, 3.63) is 25.0 Å². The van der Waals surface area contributed by atoms with Gasteiger partial charge in [-0.15, -0.1) is 6.58 Å². The average molecular weight is 164 g/mol. The molecule has 1 unspecified atom stereocenters. The van der Waals surface area contributed by atoms with Gasteiger partial charge in [-0.2, -0.15) is 0 Å². The van der Waals surface area contributed by atoms with Gasteiger partial charge in [-0.1, -0.05) is 6.08 Å². The molecule has 0 fully saturated rings. The molecule has 0 saturated carbocycles. The Kier molecular flexibility index (Phi) is 2.63. The van der Waals surface area contributed by atoms with Crippen molar-refractivity contribution in [1.82, 2.24) is 9.97 Å². The summed E-state index contributed by atoms with van der Waals surface area (Å²) in [6.45, 7) is 5.60. The van der Waals surface area contributed by atoms with Crippen LogP contribution in [0.1, 0.15) is 6.92 Å². The van der Waals surface area contributed by atoms with Crippen molar-refractivity contribution in [1.29, 1.82) is 0 Å². The molecule has 0 saturated heterocycles. The number of hydrogen-bond donors (Lipinski definition) is 2. The molecule has 12 heavy (non-hydrogen) atoms. The van der Waals surface area contributed by atoms with Gasteiger partial charge in [-0.05, 0) is 6.92 Å². The van der Waals surface area contributed by atoms with E-state index in [-0.39, 0.29) is 6.04 Å². The van der Waals surface area contributed by atoms with Crippen molar-refractivity contribution in [2.75, 3.05) is 11.1 Å². The standard InChI is InChI=1S/C8H12N4/c1-3-6(2)12-8-10-4-7(9)5-11-8/h3-6H,1,9H2,2H3,(H,10,11,12). The summed E-state index contributed by atoms with van der Waals surface area (Å²) in [4.78, 5) is 7.94. The zero-order chi connectivity index (χ0) is 8.97. The molecule has 4 nitrogen and oxygen atoms in total. The van der Waals surface area contributed by atoms with E-state index in [0.717, 1.165) is 0 Å². The molecule has 0 aliphatic rings. The van der Waals surface area contributed by atoms with E-state index < -0.39 is 0 Å². The number of nitrogen functional groups attached to an aromatic ring is 1. The monoisotopic (exact) mass is 164 g/mol. The second kappa shape index (κ2) is 3.71. The normalized spacial score (nSPS) is 12.1. The van der Waals surface area contributed by atoms with Crippen molar-refractivity contribution in [2.45, 2.75) is 13.0 Å². The first-order valence-electron chi connectivity index (χ1n) is 3.69. The lowest BCUT2D eigenvalue weighted by Crippen LogP contribution is -2.13. The van der Waals surface area contributed by atoms with Gasteiger partial charge in [0.1, 0.15) is 0 Å².